The number of carbonyl (C=O) groups is 2. The highest BCUT2D eigenvalue weighted by Gasteiger charge is 2.11. The molecule has 0 fully saturated rings. The van der Waals surface area contributed by atoms with Crippen molar-refractivity contribution in [3.8, 4) is 0 Å². The monoisotopic (exact) mass is 302 g/mol. The van der Waals surface area contributed by atoms with Crippen LogP contribution in [0.25, 0.3) is 0 Å². The van der Waals surface area contributed by atoms with Gasteiger partial charge in [0.2, 0.25) is 0 Å². The summed E-state index contributed by atoms with van der Waals surface area (Å²) in [6.07, 6.45) is 3.23. The third kappa shape index (κ3) is 4.06. The van der Waals surface area contributed by atoms with E-state index in [4.69, 9.17) is 5.11 Å². The molecule has 0 unspecified atom stereocenters. The Morgan fingerprint density at radius 2 is 2.00 bits per heavy atom. The van der Waals surface area contributed by atoms with E-state index in [2.05, 4.69) is 10.3 Å². The molecule has 2 N–H and O–H groups in total. The van der Waals surface area contributed by atoms with Crippen LogP contribution in [0, 0.1) is 0 Å². The van der Waals surface area contributed by atoms with E-state index in [1.807, 2.05) is 24.5 Å². The number of aromatic nitrogens is 1. The predicted molar refractivity (Wildman–Crippen MR) is 81.8 cm³/mol. The van der Waals surface area contributed by atoms with Gasteiger partial charge in [0.25, 0.3) is 5.91 Å². The van der Waals surface area contributed by atoms with E-state index in [0.717, 1.165) is 4.90 Å². The summed E-state index contributed by atoms with van der Waals surface area (Å²) >= 11 is 1.50. The maximum absolute atomic E-state index is 12.2. The first-order valence-corrected chi connectivity index (χ1v) is 7.43. The van der Waals surface area contributed by atoms with E-state index in [9.17, 15) is 9.59 Å². The van der Waals surface area contributed by atoms with Crippen molar-refractivity contribution in [2.45, 2.75) is 11.3 Å². The number of carboxylic acid groups (broad SMARTS) is 1. The summed E-state index contributed by atoms with van der Waals surface area (Å²) in [7, 11) is 0. The summed E-state index contributed by atoms with van der Waals surface area (Å²) < 4.78 is 0. The predicted octanol–water partition coefficient (Wildman–Crippen LogP) is 2.68. The lowest BCUT2D eigenvalue weighted by Gasteiger charge is -2.08. The van der Waals surface area contributed by atoms with Gasteiger partial charge in [0.1, 0.15) is 0 Å². The lowest BCUT2D eigenvalue weighted by Crippen LogP contribution is -2.13. The van der Waals surface area contributed by atoms with Crippen LogP contribution < -0.4 is 5.32 Å². The van der Waals surface area contributed by atoms with E-state index in [1.165, 1.54) is 18.0 Å². The summed E-state index contributed by atoms with van der Waals surface area (Å²) in [5.41, 5.74) is 1.58. The topological polar surface area (TPSA) is 79.3 Å². The van der Waals surface area contributed by atoms with Gasteiger partial charge in [0.05, 0.1) is 29.6 Å². The number of anilines is 1. The van der Waals surface area contributed by atoms with Gasteiger partial charge in [0.15, 0.2) is 0 Å². The number of benzene rings is 1. The zero-order valence-corrected chi connectivity index (χ0v) is 12.2. The molecular formula is C15H14N2O3S. The smallest absolute Gasteiger partial charge is 0.309 e. The minimum Gasteiger partial charge on any atom is -0.481 e. The minimum absolute atomic E-state index is 0.135. The summed E-state index contributed by atoms with van der Waals surface area (Å²) in [6, 6.07) is 10.6. The molecule has 2 aromatic rings. The van der Waals surface area contributed by atoms with E-state index in [1.54, 1.807) is 18.2 Å². The lowest BCUT2D eigenvalue weighted by molar-refractivity contribution is -0.136. The number of nitrogens with one attached hydrogen (secondary N) is 1. The van der Waals surface area contributed by atoms with Crippen molar-refractivity contribution in [2.75, 3.05) is 11.6 Å². The summed E-state index contributed by atoms with van der Waals surface area (Å²) in [4.78, 5) is 27.7. The third-order valence-electron chi connectivity index (χ3n) is 2.77. The highest BCUT2D eigenvalue weighted by atomic mass is 32.2. The zero-order chi connectivity index (χ0) is 15.2. The first-order valence-electron chi connectivity index (χ1n) is 6.21. The van der Waals surface area contributed by atoms with Crippen LogP contribution in [-0.2, 0) is 11.2 Å². The Hall–Kier alpha value is -2.34. The van der Waals surface area contributed by atoms with Crippen molar-refractivity contribution in [1.82, 2.24) is 4.98 Å². The second kappa shape index (κ2) is 6.90. The van der Waals surface area contributed by atoms with Gasteiger partial charge in [-0.2, -0.15) is 0 Å². The van der Waals surface area contributed by atoms with Crippen LogP contribution >= 0.6 is 11.8 Å². The van der Waals surface area contributed by atoms with Crippen LogP contribution in [0.1, 0.15) is 16.1 Å². The largest absolute Gasteiger partial charge is 0.481 e. The van der Waals surface area contributed by atoms with Gasteiger partial charge in [0, 0.05) is 4.90 Å². The number of hydrogen-bond donors (Lipinski definition) is 2. The van der Waals surface area contributed by atoms with Crippen molar-refractivity contribution in [1.29, 1.82) is 0 Å². The van der Waals surface area contributed by atoms with Crippen LogP contribution in [0.15, 0.2) is 47.5 Å². The minimum atomic E-state index is -0.937. The summed E-state index contributed by atoms with van der Waals surface area (Å²) in [5.74, 6) is -1.15. The number of amides is 1. The number of carboxylic acids is 1. The molecule has 6 heteroatoms. The molecule has 0 saturated carbocycles. The van der Waals surface area contributed by atoms with Crippen molar-refractivity contribution in [3.63, 3.8) is 0 Å². The van der Waals surface area contributed by atoms with Crippen molar-refractivity contribution in [2.24, 2.45) is 0 Å². The van der Waals surface area contributed by atoms with Gasteiger partial charge in [-0.05, 0) is 30.5 Å². The van der Waals surface area contributed by atoms with Crippen LogP contribution in [0.2, 0.25) is 0 Å². The number of aliphatic carboxylic acids is 1. The summed E-state index contributed by atoms with van der Waals surface area (Å²) in [6.45, 7) is 0. The molecule has 1 aromatic carbocycles. The number of thioether (sulfide) groups is 1. The maximum atomic E-state index is 12.2. The zero-order valence-electron chi connectivity index (χ0n) is 11.4. The Morgan fingerprint density at radius 1 is 1.24 bits per heavy atom. The highest BCUT2D eigenvalue weighted by molar-refractivity contribution is 7.98. The Bertz CT molecular complexity index is 656. The molecule has 21 heavy (non-hydrogen) atoms. The average molecular weight is 302 g/mol. The Labute approximate surface area is 126 Å². The van der Waals surface area contributed by atoms with Crippen molar-refractivity contribution >= 4 is 29.3 Å². The maximum Gasteiger partial charge on any atom is 0.309 e. The molecule has 0 radical (unpaired) electrons. The standard InChI is InChI=1S/C15H14N2O3S/c1-21-13-5-3-2-4-12(13)15(20)17-11-7-6-10(16-9-11)8-14(18)19/h2-7,9H,8H2,1H3,(H,17,20)(H,18,19). The van der Waals surface area contributed by atoms with Gasteiger partial charge in [-0.25, -0.2) is 0 Å². The SMILES string of the molecule is CSc1ccccc1C(=O)Nc1ccc(CC(=O)O)nc1. The van der Waals surface area contributed by atoms with Gasteiger partial charge in [-0.15, -0.1) is 11.8 Å². The van der Waals surface area contributed by atoms with Gasteiger partial charge >= 0.3 is 5.97 Å². The van der Waals surface area contributed by atoms with Crippen molar-refractivity contribution in [3.05, 3.63) is 53.9 Å². The second-order valence-corrected chi connectivity index (χ2v) is 5.11. The molecular weight excluding hydrogens is 288 g/mol. The quantitative estimate of drug-likeness (QED) is 0.830. The second-order valence-electron chi connectivity index (χ2n) is 4.26. The van der Waals surface area contributed by atoms with Crippen LogP contribution in [0.5, 0.6) is 0 Å². The Balaban J connectivity index is 2.10. The number of pyridine rings is 1. The van der Waals surface area contributed by atoms with Gasteiger partial charge in [-0.1, -0.05) is 12.1 Å². The normalized spacial score (nSPS) is 10.1. The Kier molecular flexibility index (Phi) is 4.94. The molecule has 0 atom stereocenters. The molecule has 0 aliphatic rings. The van der Waals surface area contributed by atoms with Gasteiger partial charge in [-0.3, -0.25) is 14.6 Å². The molecule has 5 nitrogen and oxygen atoms in total. The van der Waals surface area contributed by atoms with Crippen LogP contribution in [0.3, 0.4) is 0 Å². The lowest BCUT2D eigenvalue weighted by atomic mass is 10.2. The number of rotatable bonds is 5. The fourth-order valence-corrected chi connectivity index (χ4v) is 2.38. The summed E-state index contributed by atoms with van der Waals surface area (Å²) in [5, 5.41) is 11.4. The average Bonchev–Trinajstić information content (AvgIpc) is 2.48. The highest BCUT2D eigenvalue weighted by Crippen LogP contribution is 2.21. The molecule has 0 spiro atoms. The molecule has 108 valence electrons. The van der Waals surface area contributed by atoms with Crippen molar-refractivity contribution < 1.29 is 14.7 Å². The third-order valence-corrected chi connectivity index (χ3v) is 3.56. The first kappa shape index (κ1) is 15.1. The molecule has 0 aliphatic carbocycles. The van der Waals surface area contributed by atoms with E-state index >= 15 is 0 Å². The molecule has 0 saturated heterocycles. The Morgan fingerprint density at radius 3 is 2.62 bits per heavy atom. The van der Waals surface area contributed by atoms with Crippen LogP contribution in [-0.4, -0.2) is 28.2 Å². The molecule has 1 amide bonds. The van der Waals surface area contributed by atoms with Gasteiger partial charge < -0.3 is 10.4 Å². The molecule has 1 aromatic heterocycles. The molecule has 1 heterocycles. The number of carbonyl (C=O) groups excluding carboxylic acids is 1. The fraction of sp³-hybridized carbons (Fsp3) is 0.133. The fourth-order valence-electron chi connectivity index (χ4n) is 1.79. The van der Waals surface area contributed by atoms with E-state index in [-0.39, 0.29) is 12.3 Å². The molecule has 2 rings (SSSR count). The number of nitrogens with zero attached hydrogens (tertiary/aromatic N) is 1. The molecule has 0 bridgehead atoms. The van der Waals surface area contributed by atoms with Crippen LogP contribution in [0.4, 0.5) is 5.69 Å². The number of hydrogen-bond acceptors (Lipinski definition) is 4. The van der Waals surface area contributed by atoms with E-state index in [0.29, 0.717) is 16.9 Å². The molecule has 0 aliphatic heterocycles. The van der Waals surface area contributed by atoms with E-state index < -0.39 is 5.97 Å². The first-order chi connectivity index (χ1) is 10.1.